The molecule has 1 saturated heterocycles. The Morgan fingerprint density at radius 1 is 1.47 bits per heavy atom. The van der Waals surface area contributed by atoms with E-state index in [1.165, 1.54) is 0 Å². The maximum absolute atomic E-state index is 11.6. The Balaban J connectivity index is 2.48. The van der Waals surface area contributed by atoms with Crippen LogP contribution >= 0.6 is 0 Å². The normalized spacial score (nSPS) is 21.5. The summed E-state index contributed by atoms with van der Waals surface area (Å²) < 4.78 is 5.08. The minimum absolute atomic E-state index is 0.282. The number of carboxylic acids is 1. The Kier molecular flexibility index (Phi) is 5.60. The number of carbonyl (C=O) groups is 2. The topological polar surface area (TPSA) is 87.7 Å². The molecule has 0 aromatic heterocycles. The third-order valence-corrected chi connectivity index (χ3v) is 2.96. The number of hydrogen-bond acceptors (Lipinski definition) is 4. The summed E-state index contributed by atoms with van der Waals surface area (Å²) in [6.45, 7) is 7.02. The molecule has 1 heterocycles. The van der Waals surface area contributed by atoms with Crippen molar-refractivity contribution >= 4 is 12.1 Å². The lowest BCUT2D eigenvalue weighted by atomic mass is 9.92. The summed E-state index contributed by atoms with van der Waals surface area (Å²) in [4.78, 5) is 22.8. The summed E-state index contributed by atoms with van der Waals surface area (Å²) in [5, 5.41) is 14.8. The average molecular weight is 272 g/mol. The Labute approximate surface area is 113 Å². The Bertz CT molecular complexity index is 319. The second kappa shape index (κ2) is 6.75. The Hall–Kier alpha value is -1.30. The summed E-state index contributed by atoms with van der Waals surface area (Å²) in [6, 6.07) is -0.889. The number of aliphatic carboxylic acids is 1. The van der Waals surface area contributed by atoms with Gasteiger partial charge in [-0.2, -0.15) is 0 Å². The predicted molar refractivity (Wildman–Crippen MR) is 71.0 cm³/mol. The van der Waals surface area contributed by atoms with Gasteiger partial charge in [-0.05, 0) is 59.0 Å². The fourth-order valence-corrected chi connectivity index (χ4v) is 2.13. The maximum Gasteiger partial charge on any atom is 0.408 e. The van der Waals surface area contributed by atoms with E-state index >= 15 is 0 Å². The molecular formula is C13H24N2O4. The molecule has 0 radical (unpaired) electrons. The zero-order valence-corrected chi connectivity index (χ0v) is 11.9. The molecule has 2 atom stereocenters. The van der Waals surface area contributed by atoms with Crippen LogP contribution in [0.25, 0.3) is 0 Å². The summed E-state index contributed by atoms with van der Waals surface area (Å²) >= 11 is 0. The molecule has 0 aromatic rings. The molecule has 6 heteroatoms. The first-order valence-corrected chi connectivity index (χ1v) is 6.71. The lowest BCUT2D eigenvalue weighted by Crippen LogP contribution is -2.45. The van der Waals surface area contributed by atoms with Gasteiger partial charge in [0.05, 0.1) is 0 Å². The van der Waals surface area contributed by atoms with Gasteiger partial charge in [-0.25, -0.2) is 9.59 Å². The Morgan fingerprint density at radius 3 is 2.63 bits per heavy atom. The fraction of sp³-hybridized carbons (Fsp3) is 0.846. The van der Waals surface area contributed by atoms with E-state index in [0.29, 0.717) is 6.42 Å². The second-order valence-corrected chi connectivity index (χ2v) is 5.99. The van der Waals surface area contributed by atoms with Gasteiger partial charge >= 0.3 is 12.1 Å². The zero-order valence-electron chi connectivity index (χ0n) is 11.9. The van der Waals surface area contributed by atoms with Crippen LogP contribution in [0.4, 0.5) is 4.79 Å². The highest BCUT2D eigenvalue weighted by Crippen LogP contribution is 2.16. The predicted octanol–water partition coefficient (Wildman–Crippen LogP) is 1.35. The molecule has 3 N–H and O–H groups in total. The van der Waals surface area contributed by atoms with Crippen LogP contribution in [-0.4, -0.2) is 41.9 Å². The number of rotatable bonds is 4. The second-order valence-electron chi connectivity index (χ2n) is 5.99. The smallest absolute Gasteiger partial charge is 0.408 e. The van der Waals surface area contributed by atoms with Crippen molar-refractivity contribution in [1.29, 1.82) is 0 Å². The number of carbonyl (C=O) groups excluding carboxylic acids is 1. The number of hydrogen-bond donors (Lipinski definition) is 3. The van der Waals surface area contributed by atoms with Gasteiger partial charge < -0.3 is 20.5 Å². The summed E-state index contributed by atoms with van der Waals surface area (Å²) in [5.41, 5.74) is -0.625. The summed E-state index contributed by atoms with van der Waals surface area (Å²) in [6.07, 6.45) is 1.79. The van der Waals surface area contributed by atoms with Gasteiger partial charge in [0.15, 0.2) is 0 Å². The molecule has 110 valence electrons. The van der Waals surface area contributed by atoms with Crippen molar-refractivity contribution in [1.82, 2.24) is 10.6 Å². The van der Waals surface area contributed by atoms with E-state index in [2.05, 4.69) is 10.6 Å². The third-order valence-electron chi connectivity index (χ3n) is 2.96. The van der Waals surface area contributed by atoms with E-state index in [0.717, 1.165) is 25.9 Å². The van der Waals surface area contributed by atoms with Crippen molar-refractivity contribution in [2.75, 3.05) is 13.1 Å². The molecule has 6 nitrogen and oxygen atoms in total. The quantitative estimate of drug-likeness (QED) is 0.719. The molecule has 1 rings (SSSR count). The van der Waals surface area contributed by atoms with Crippen molar-refractivity contribution in [2.45, 2.75) is 51.7 Å². The van der Waals surface area contributed by atoms with E-state index < -0.39 is 23.7 Å². The average Bonchev–Trinajstić information content (AvgIpc) is 2.26. The molecule has 0 aromatic carbocycles. The molecule has 0 spiro atoms. The van der Waals surface area contributed by atoms with Crippen LogP contribution in [-0.2, 0) is 9.53 Å². The van der Waals surface area contributed by atoms with E-state index in [4.69, 9.17) is 9.84 Å². The highest BCUT2D eigenvalue weighted by molar-refractivity contribution is 5.80. The van der Waals surface area contributed by atoms with Crippen LogP contribution in [0.5, 0.6) is 0 Å². The summed E-state index contributed by atoms with van der Waals surface area (Å²) in [7, 11) is 0. The van der Waals surface area contributed by atoms with E-state index in [1.807, 2.05) is 0 Å². The van der Waals surface area contributed by atoms with E-state index in [9.17, 15) is 9.59 Å². The number of nitrogens with one attached hydrogen (secondary N) is 2. The first kappa shape index (κ1) is 15.8. The van der Waals surface area contributed by atoms with Gasteiger partial charge in [-0.1, -0.05) is 0 Å². The van der Waals surface area contributed by atoms with Crippen molar-refractivity contribution in [3.63, 3.8) is 0 Å². The SMILES string of the molecule is CC(C)(C)OC(=O)N[C@@H](CC1CCCNC1)C(=O)O. The number of alkyl carbamates (subject to hydrolysis) is 1. The third kappa shape index (κ3) is 6.42. The van der Waals surface area contributed by atoms with Crippen molar-refractivity contribution in [2.24, 2.45) is 5.92 Å². The van der Waals surface area contributed by atoms with Crippen LogP contribution < -0.4 is 10.6 Å². The fourth-order valence-electron chi connectivity index (χ4n) is 2.13. The van der Waals surface area contributed by atoms with E-state index in [-0.39, 0.29) is 5.92 Å². The van der Waals surface area contributed by atoms with Gasteiger partial charge in [-0.3, -0.25) is 0 Å². The highest BCUT2D eigenvalue weighted by atomic mass is 16.6. The zero-order chi connectivity index (χ0) is 14.5. The lowest BCUT2D eigenvalue weighted by molar-refractivity contribution is -0.140. The number of ether oxygens (including phenoxy) is 1. The van der Waals surface area contributed by atoms with Gasteiger partial charge in [0, 0.05) is 0 Å². The highest BCUT2D eigenvalue weighted by Gasteiger charge is 2.27. The van der Waals surface area contributed by atoms with Crippen molar-refractivity contribution < 1.29 is 19.4 Å². The van der Waals surface area contributed by atoms with Gasteiger partial charge in [0.1, 0.15) is 11.6 Å². The molecule has 1 aliphatic rings. The van der Waals surface area contributed by atoms with Crippen LogP contribution in [0, 0.1) is 5.92 Å². The van der Waals surface area contributed by atoms with Crippen molar-refractivity contribution in [3.05, 3.63) is 0 Å². The van der Waals surface area contributed by atoms with Crippen LogP contribution in [0.1, 0.15) is 40.0 Å². The molecule has 0 aliphatic carbocycles. The molecule has 0 bridgehead atoms. The summed E-state index contributed by atoms with van der Waals surface area (Å²) in [5.74, 6) is -0.735. The molecule has 19 heavy (non-hydrogen) atoms. The molecule has 0 saturated carbocycles. The van der Waals surface area contributed by atoms with Gasteiger partial charge in [0.2, 0.25) is 0 Å². The van der Waals surface area contributed by atoms with Crippen LogP contribution in [0.15, 0.2) is 0 Å². The number of amides is 1. The maximum atomic E-state index is 11.6. The first-order valence-electron chi connectivity index (χ1n) is 6.71. The number of piperidine rings is 1. The van der Waals surface area contributed by atoms with Gasteiger partial charge in [0.25, 0.3) is 0 Å². The van der Waals surface area contributed by atoms with Crippen LogP contribution in [0.3, 0.4) is 0 Å². The first-order chi connectivity index (χ1) is 8.78. The molecule has 1 fully saturated rings. The van der Waals surface area contributed by atoms with E-state index in [1.54, 1.807) is 20.8 Å². The molecular weight excluding hydrogens is 248 g/mol. The van der Waals surface area contributed by atoms with Crippen LogP contribution in [0.2, 0.25) is 0 Å². The molecule has 1 aliphatic heterocycles. The van der Waals surface area contributed by atoms with Crippen molar-refractivity contribution in [3.8, 4) is 0 Å². The monoisotopic (exact) mass is 272 g/mol. The minimum atomic E-state index is -1.02. The molecule has 1 unspecified atom stereocenters. The number of carboxylic acid groups (broad SMARTS) is 1. The van der Waals surface area contributed by atoms with Gasteiger partial charge in [-0.15, -0.1) is 0 Å². The molecule has 1 amide bonds. The lowest BCUT2D eigenvalue weighted by Gasteiger charge is -2.27. The standard InChI is InChI=1S/C13H24N2O4/c1-13(2,3)19-12(18)15-10(11(16)17)7-9-5-4-6-14-8-9/h9-10,14H,4-8H2,1-3H3,(H,15,18)(H,16,17)/t9?,10-/m0/s1. The Morgan fingerprint density at radius 2 is 2.16 bits per heavy atom. The largest absolute Gasteiger partial charge is 0.480 e. The minimum Gasteiger partial charge on any atom is -0.480 e.